The van der Waals surface area contributed by atoms with Gasteiger partial charge in [-0.2, -0.15) is 13.1 Å². The topological polar surface area (TPSA) is 238 Å². The van der Waals surface area contributed by atoms with Crippen LogP contribution in [0.4, 0.5) is 20.4 Å². The minimum Gasteiger partial charge on any atom is -0.382 e. The average Bonchev–Trinajstić information content (AvgIpc) is 3.71. The first kappa shape index (κ1) is 28.9. The number of hydrogen-bond acceptors (Lipinski definition) is 15. The van der Waals surface area contributed by atoms with Crippen molar-refractivity contribution < 1.29 is 39.9 Å². The number of aliphatic imine (C=N–C) groups is 1. The van der Waals surface area contributed by atoms with Gasteiger partial charge in [-0.25, -0.2) is 33.7 Å². The zero-order valence-electron chi connectivity index (χ0n) is 21.6. The number of hydrogen-bond donors (Lipinski definition) is 5. The van der Waals surface area contributed by atoms with Crippen LogP contribution in [0.3, 0.4) is 0 Å². The summed E-state index contributed by atoms with van der Waals surface area (Å²) in [5.74, 6) is 0.224. The lowest BCUT2D eigenvalue weighted by atomic mass is 10.1. The van der Waals surface area contributed by atoms with E-state index in [0.29, 0.717) is 5.69 Å². The van der Waals surface area contributed by atoms with E-state index in [-0.39, 0.29) is 22.8 Å². The highest BCUT2D eigenvalue weighted by molar-refractivity contribution is 8.46. The van der Waals surface area contributed by atoms with Crippen molar-refractivity contribution >= 4 is 58.3 Å². The second kappa shape index (κ2) is 10.4. The van der Waals surface area contributed by atoms with Gasteiger partial charge in [-0.1, -0.05) is 12.2 Å². The van der Waals surface area contributed by atoms with Crippen LogP contribution >= 0.6 is 18.8 Å². The number of rotatable bonds is 2. The number of halogens is 2. The molecule has 0 aromatic carbocycles. The first-order chi connectivity index (χ1) is 20.4. The second-order valence-corrected chi connectivity index (χ2v) is 15.1. The standard InChI is InChI=1S/C20H24F2N11O7PS2/c21-9-11-7(39-19(9)32-5-29-12-15(23)25-3-27-17(12)32)1-37-41(34,42)14-8(2-38-43(35,36)31-11)40-20(10(14)22)33-6-30-13-16(24)26-4-28-18(13)33/h3-11,14,16,19-20,31H,1-2,24H2,(H,26,28)(H,34,42)(H2,23,25,27)/t7-,8-,9-,10-,11-,14-,16?,19-,20+,41-/m1/s1. The smallest absolute Gasteiger partial charge is 0.336 e. The van der Waals surface area contributed by atoms with Crippen LogP contribution in [0.25, 0.3) is 11.2 Å². The zero-order chi connectivity index (χ0) is 30.3. The lowest BCUT2D eigenvalue weighted by molar-refractivity contribution is -0.0326. The highest BCUT2D eigenvalue weighted by Gasteiger charge is 2.57. The molecule has 4 aliphatic rings. The van der Waals surface area contributed by atoms with Gasteiger partial charge in [0.25, 0.3) is 6.57 Å². The SMILES string of the molecule is Nc1ncnc2c1ncn2[C@@H]1O[C@@H]2CO[P@@](=O)(S)[C@H]3[C@@H](F)[C@@H](n4cnc5c4N=CNC5N)O[C@@H]3COS(=O)(=O)N[C@H]2[C@H]1F. The van der Waals surface area contributed by atoms with E-state index >= 15 is 8.78 Å². The molecule has 10 atom stereocenters. The molecule has 0 amide bonds. The van der Waals surface area contributed by atoms with Gasteiger partial charge in [0, 0.05) is 0 Å². The summed E-state index contributed by atoms with van der Waals surface area (Å²) in [6, 6.07) is -1.58. The van der Waals surface area contributed by atoms with Crippen LogP contribution in [0.1, 0.15) is 24.3 Å². The molecule has 18 nitrogen and oxygen atoms in total. The third-order valence-corrected chi connectivity index (χ3v) is 11.6. The van der Waals surface area contributed by atoms with Crippen LogP contribution in [0, 0.1) is 0 Å². The van der Waals surface area contributed by atoms with Gasteiger partial charge < -0.3 is 30.8 Å². The Balaban J connectivity index is 1.19. The van der Waals surface area contributed by atoms with Crippen LogP contribution in [-0.2, 0) is 33.0 Å². The fourth-order valence-electron chi connectivity index (χ4n) is 5.52. The van der Waals surface area contributed by atoms with Crippen LogP contribution in [0.15, 0.2) is 24.0 Å². The van der Waals surface area contributed by atoms with Crippen molar-refractivity contribution in [1.29, 1.82) is 0 Å². The molecule has 23 heteroatoms. The van der Waals surface area contributed by atoms with Crippen molar-refractivity contribution in [1.82, 2.24) is 39.1 Å². The molecule has 3 saturated heterocycles. The average molecular weight is 664 g/mol. The number of thiol groups is 1. The third kappa shape index (κ3) is 4.80. The highest BCUT2D eigenvalue weighted by atomic mass is 32.7. The Morgan fingerprint density at radius 2 is 1.79 bits per heavy atom. The van der Waals surface area contributed by atoms with E-state index in [9.17, 15) is 13.0 Å². The second-order valence-electron chi connectivity index (χ2n) is 10.1. The predicted octanol–water partition coefficient (Wildman–Crippen LogP) is -0.262. The fourth-order valence-corrected chi connectivity index (χ4v) is 9.17. The number of fused-ring (bicyclic) bond motifs is 4. The Bertz CT molecular complexity index is 1760. The summed E-state index contributed by atoms with van der Waals surface area (Å²) < 4.78 is 98.7. The Hall–Kier alpha value is -2.82. The van der Waals surface area contributed by atoms with E-state index in [4.69, 9.17) is 29.6 Å². The van der Waals surface area contributed by atoms with Crippen molar-refractivity contribution in [3.63, 3.8) is 0 Å². The minimum absolute atomic E-state index is 0.0378. The number of nitrogens with two attached hydrogens (primary N) is 2. The highest BCUT2D eigenvalue weighted by Crippen LogP contribution is 2.63. The maximum absolute atomic E-state index is 16.1. The molecule has 0 spiro atoms. The lowest BCUT2D eigenvalue weighted by Crippen LogP contribution is -2.47. The summed E-state index contributed by atoms with van der Waals surface area (Å²) >= 11 is 4.18. The monoisotopic (exact) mass is 663 g/mol. The summed E-state index contributed by atoms with van der Waals surface area (Å²) in [6.45, 7) is -5.71. The molecule has 7 heterocycles. The normalized spacial score (nSPS) is 39.0. The maximum atomic E-state index is 16.1. The number of nitrogens with zero attached hydrogens (tertiary/aromatic N) is 7. The van der Waals surface area contributed by atoms with Gasteiger partial charge >= 0.3 is 10.3 Å². The largest absolute Gasteiger partial charge is 0.382 e. The molecule has 0 saturated carbocycles. The maximum Gasteiger partial charge on any atom is 0.336 e. The molecule has 232 valence electrons. The Kier molecular flexibility index (Phi) is 6.98. The van der Waals surface area contributed by atoms with Gasteiger partial charge in [0.1, 0.15) is 41.6 Å². The molecule has 3 fully saturated rings. The first-order valence-electron chi connectivity index (χ1n) is 12.7. The van der Waals surface area contributed by atoms with E-state index in [2.05, 4.69) is 47.2 Å². The number of anilines is 1. The van der Waals surface area contributed by atoms with Gasteiger partial charge in [-0.3, -0.25) is 17.9 Å². The molecular formula is C20H24F2N11O7PS2. The molecule has 43 heavy (non-hydrogen) atoms. The van der Waals surface area contributed by atoms with Crippen LogP contribution in [0.2, 0.25) is 0 Å². The van der Waals surface area contributed by atoms with E-state index in [1.54, 1.807) is 0 Å². The van der Waals surface area contributed by atoms with Crippen molar-refractivity contribution in [3.8, 4) is 0 Å². The zero-order valence-corrected chi connectivity index (χ0v) is 24.2. The van der Waals surface area contributed by atoms with Gasteiger partial charge in [0.05, 0.1) is 38.2 Å². The summed E-state index contributed by atoms with van der Waals surface area (Å²) in [6.07, 6.45) is -5.62. The fraction of sp³-hybridized carbons (Fsp3) is 0.550. The van der Waals surface area contributed by atoms with E-state index in [0.717, 1.165) is 6.33 Å². The Morgan fingerprint density at radius 3 is 2.60 bits per heavy atom. The molecule has 1 unspecified atom stereocenters. The van der Waals surface area contributed by atoms with Crippen molar-refractivity contribution in [3.05, 3.63) is 24.7 Å². The first-order valence-corrected chi connectivity index (χ1v) is 17.0. The molecular weight excluding hydrogens is 639 g/mol. The summed E-state index contributed by atoms with van der Waals surface area (Å²) in [5, 5.41) is 2.76. The number of ether oxygens (including phenoxy) is 2. The van der Waals surface area contributed by atoms with Gasteiger partial charge in [-0.15, -0.1) is 0 Å². The quantitative estimate of drug-likeness (QED) is 0.175. The van der Waals surface area contributed by atoms with Crippen molar-refractivity contribution in [2.45, 2.75) is 54.9 Å². The van der Waals surface area contributed by atoms with E-state index < -0.39 is 85.0 Å². The van der Waals surface area contributed by atoms with Crippen molar-refractivity contribution in [2.24, 2.45) is 10.7 Å². The van der Waals surface area contributed by atoms with Gasteiger partial charge in [-0.05, 0) is 0 Å². The molecule has 0 bridgehead atoms. The van der Waals surface area contributed by atoms with Crippen molar-refractivity contribution in [2.75, 3.05) is 18.9 Å². The van der Waals surface area contributed by atoms with Crippen LogP contribution in [0.5, 0.6) is 0 Å². The Morgan fingerprint density at radius 1 is 1.05 bits per heavy atom. The lowest BCUT2D eigenvalue weighted by Gasteiger charge is -2.25. The van der Waals surface area contributed by atoms with Gasteiger partial charge in [0.15, 0.2) is 42.1 Å². The number of imidazole rings is 2. The molecule has 6 N–H and O–H groups in total. The molecule has 3 aromatic rings. The van der Waals surface area contributed by atoms with E-state index in [1.807, 2.05) is 0 Å². The summed E-state index contributed by atoms with van der Waals surface area (Å²) in [7, 11) is -4.69. The number of alkyl halides is 2. The number of nitrogen functional groups attached to an aromatic ring is 1. The van der Waals surface area contributed by atoms with Crippen LogP contribution in [-0.4, -0.2) is 93.3 Å². The third-order valence-electron chi connectivity index (χ3n) is 7.56. The number of nitrogens with one attached hydrogen (secondary N) is 2. The Labute approximate surface area is 246 Å². The minimum atomic E-state index is -4.69. The molecule has 3 aromatic heterocycles. The molecule has 0 aliphatic carbocycles. The summed E-state index contributed by atoms with van der Waals surface area (Å²) in [5.41, 5.74) is 10.8. The molecule has 7 rings (SSSR count). The molecule has 0 radical (unpaired) electrons. The summed E-state index contributed by atoms with van der Waals surface area (Å²) in [4.78, 5) is 20.3. The van der Waals surface area contributed by atoms with Crippen LogP contribution < -0.4 is 21.5 Å². The molecule has 4 aliphatic heterocycles. The predicted molar refractivity (Wildman–Crippen MR) is 146 cm³/mol. The number of aromatic nitrogens is 6. The van der Waals surface area contributed by atoms with E-state index in [1.165, 1.54) is 28.1 Å². The van der Waals surface area contributed by atoms with Gasteiger partial charge in [0.2, 0.25) is 0 Å².